The van der Waals surface area contributed by atoms with Crippen molar-refractivity contribution in [1.82, 2.24) is 14.7 Å². The summed E-state index contributed by atoms with van der Waals surface area (Å²) in [6.07, 6.45) is 1.81. The molecule has 0 unspecified atom stereocenters. The molecule has 1 amide bonds. The Morgan fingerprint density at radius 2 is 1.70 bits per heavy atom. The molecule has 0 spiro atoms. The minimum absolute atomic E-state index is 0.00574. The second-order valence-electron chi connectivity index (χ2n) is 7.50. The molecule has 6 nitrogen and oxygen atoms in total. The van der Waals surface area contributed by atoms with Crippen molar-refractivity contribution in [3.05, 3.63) is 82.6 Å². The minimum atomic E-state index is -0.0994. The molecule has 0 aliphatic carbocycles. The van der Waals surface area contributed by atoms with Crippen LogP contribution in [0.2, 0.25) is 0 Å². The number of carbonyl (C=O) groups excluding carboxylic acids is 1. The maximum atomic E-state index is 12.7. The van der Waals surface area contributed by atoms with E-state index in [4.69, 9.17) is 4.74 Å². The van der Waals surface area contributed by atoms with E-state index in [1.807, 2.05) is 59.5 Å². The molecule has 0 N–H and O–H groups in total. The van der Waals surface area contributed by atoms with Crippen LogP contribution < -0.4 is 10.3 Å². The van der Waals surface area contributed by atoms with Crippen molar-refractivity contribution in [3.8, 4) is 17.0 Å². The Morgan fingerprint density at radius 1 is 1.00 bits per heavy atom. The van der Waals surface area contributed by atoms with Gasteiger partial charge in [-0.25, -0.2) is 4.68 Å². The molecule has 154 valence electrons. The zero-order valence-corrected chi connectivity index (χ0v) is 17.0. The first kappa shape index (κ1) is 19.9. The molecule has 0 atom stereocenters. The summed E-state index contributed by atoms with van der Waals surface area (Å²) in [5, 5.41) is 4.61. The predicted molar refractivity (Wildman–Crippen MR) is 115 cm³/mol. The molecule has 0 saturated carbocycles. The van der Waals surface area contributed by atoms with E-state index in [2.05, 4.69) is 5.10 Å². The van der Waals surface area contributed by atoms with Crippen molar-refractivity contribution in [1.29, 1.82) is 0 Å². The van der Waals surface area contributed by atoms with Gasteiger partial charge in [-0.1, -0.05) is 42.5 Å². The number of likely N-dealkylation sites (tertiary alicyclic amines) is 1. The first-order valence-electron chi connectivity index (χ1n) is 10.2. The van der Waals surface area contributed by atoms with Crippen molar-refractivity contribution in [2.75, 3.05) is 20.2 Å². The Morgan fingerprint density at radius 3 is 2.37 bits per heavy atom. The maximum absolute atomic E-state index is 12.7. The average molecular weight is 403 g/mol. The fraction of sp³-hybridized carbons (Fsp3) is 0.292. The van der Waals surface area contributed by atoms with E-state index in [0.29, 0.717) is 19.5 Å². The van der Waals surface area contributed by atoms with Crippen LogP contribution in [-0.4, -0.2) is 40.8 Å². The minimum Gasteiger partial charge on any atom is -0.497 e. The van der Waals surface area contributed by atoms with E-state index in [1.165, 1.54) is 0 Å². The van der Waals surface area contributed by atoms with Gasteiger partial charge in [0.05, 0.1) is 25.3 Å². The standard InChI is InChI=1S/C24H25N3O3/c1-30-21-9-7-18(8-10-21)17-24(29)26-15-13-20(14-16-26)27-23(28)12-11-22(25-27)19-5-3-2-4-6-19/h2-12,20H,13-17H2,1H3. The summed E-state index contributed by atoms with van der Waals surface area (Å²) in [6, 6.07) is 20.8. The fourth-order valence-corrected chi connectivity index (χ4v) is 3.84. The van der Waals surface area contributed by atoms with Crippen LogP contribution in [-0.2, 0) is 11.2 Å². The number of benzene rings is 2. The fourth-order valence-electron chi connectivity index (χ4n) is 3.84. The van der Waals surface area contributed by atoms with Crippen molar-refractivity contribution in [2.24, 2.45) is 0 Å². The molecule has 1 aliphatic rings. The molecule has 3 aromatic rings. The lowest BCUT2D eigenvalue weighted by Gasteiger charge is -2.32. The van der Waals surface area contributed by atoms with Crippen LogP contribution >= 0.6 is 0 Å². The molecule has 0 radical (unpaired) electrons. The molecule has 2 heterocycles. The molecule has 6 heteroatoms. The molecular weight excluding hydrogens is 378 g/mol. The molecule has 1 aromatic heterocycles. The quantitative estimate of drug-likeness (QED) is 0.656. The summed E-state index contributed by atoms with van der Waals surface area (Å²) in [5.41, 5.74) is 2.64. The first-order valence-corrected chi connectivity index (χ1v) is 10.2. The first-order chi connectivity index (χ1) is 14.6. The van der Waals surface area contributed by atoms with Gasteiger partial charge >= 0.3 is 0 Å². The van der Waals surface area contributed by atoms with Gasteiger partial charge in [-0.2, -0.15) is 5.10 Å². The SMILES string of the molecule is COc1ccc(CC(=O)N2CCC(n3nc(-c4ccccc4)ccc3=O)CC2)cc1. The number of rotatable bonds is 5. The van der Waals surface area contributed by atoms with Crippen LogP contribution in [0.15, 0.2) is 71.5 Å². The van der Waals surface area contributed by atoms with Crippen LogP contribution in [0.1, 0.15) is 24.4 Å². The third-order valence-electron chi connectivity index (χ3n) is 5.57. The van der Waals surface area contributed by atoms with Gasteiger partial charge in [-0.15, -0.1) is 0 Å². The molecule has 1 aliphatic heterocycles. The lowest BCUT2D eigenvalue weighted by atomic mass is 10.0. The normalized spacial score (nSPS) is 14.5. The molecule has 1 saturated heterocycles. The summed E-state index contributed by atoms with van der Waals surface area (Å²) in [6.45, 7) is 1.26. The van der Waals surface area contributed by atoms with Crippen LogP contribution in [0.3, 0.4) is 0 Å². The van der Waals surface area contributed by atoms with Crippen molar-refractivity contribution >= 4 is 5.91 Å². The zero-order chi connectivity index (χ0) is 20.9. The van der Waals surface area contributed by atoms with Gasteiger partial charge < -0.3 is 9.64 Å². The number of piperidine rings is 1. The van der Waals surface area contributed by atoms with E-state index in [-0.39, 0.29) is 17.5 Å². The number of methoxy groups -OCH3 is 1. The van der Waals surface area contributed by atoms with Gasteiger partial charge in [0, 0.05) is 24.7 Å². The van der Waals surface area contributed by atoms with Gasteiger partial charge in [0.25, 0.3) is 5.56 Å². The summed E-state index contributed by atoms with van der Waals surface area (Å²) in [7, 11) is 1.63. The number of nitrogens with zero attached hydrogens (tertiary/aromatic N) is 3. The molecule has 30 heavy (non-hydrogen) atoms. The largest absolute Gasteiger partial charge is 0.497 e. The maximum Gasteiger partial charge on any atom is 0.267 e. The molecule has 0 bridgehead atoms. The highest BCUT2D eigenvalue weighted by molar-refractivity contribution is 5.78. The number of hydrogen-bond donors (Lipinski definition) is 0. The van der Waals surface area contributed by atoms with Crippen molar-refractivity contribution < 1.29 is 9.53 Å². The van der Waals surface area contributed by atoms with Gasteiger partial charge in [0.15, 0.2) is 0 Å². The second-order valence-corrected chi connectivity index (χ2v) is 7.50. The Bertz CT molecular complexity index is 1050. The number of hydrogen-bond acceptors (Lipinski definition) is 4. The van der Waals surface area contributed by atoms with Gasteiger partial charge in [0.1, 0.15) is 5.75 Å². The highest BCUT2D eigenvalue weighted by Gasteiger charge is 2.25. The number of amides is 1. The van der Waals surface area contributed by atoms with E-state index < -0.39 is 0 Å². The summed E-state index contributed by atoms with van der Waals surface area (Å²) in [5.74, 6) is 0.889. The summed E-state index contributed by atoms with van der Waals surface area (Å²) < 4.78 is 6.75. The zero-order valence-electron chi connectivity index (χ0n) is 17.0. The average Bonchev–Trinajstić information content (AvgIpc) is 2.80. The number of ether oxygens (including phenoxy) is 1. The van der Waals surface area contributed by atoms with E-state index >= 15 is 0 Å². The number of aromatic nitrogens is 2. The monoisotopic (exact) mass is 403 g/mol. The topological polar surface area (TPSA) is 64.4 Å². The van der Waals surface area contributed by atoms with Crippen molar-refractivity contribution in [2.45, 2.75) is 25.3 Å². The van der Waals surface area contributed by atoms with Gasteiger partial charge in [-0.3, -0.25) is 9.59 Å². The Balaban J connectivity index is 1.40. The van der Waals surface area contributed by atoms with Crippen molar-refractivity contribution in [3.63, 3.8) is 0 Å². The van der Waals surface area contributed by atoms with Crippen LogP contribution in [0, 0.1) is 0 Å². The van der Waals surface area contributed by atoms with Gasteiger partial charge in [0.2, 0.25) is 5.91 Å². The molecule has 2 aromatic carbocycles. The second kappa shape index (κ2) is 8.95. The lowest BCUT2D eigenvalue weighted by Crippen LogP contribution is -2.42. The smallest absolute Gasteiger partial charge is 0.267 e. The summed E-state index contributed by atoms with van der Waals surface area (Å²) >= 11 is 0. The lowest BCUT2D eigenvalue weighted by molar-refractivity contribution is -0.131. The third-order valence-corrected chi connectivity index (χ3v) is 5.57. The predicted octanol–water partition coefficient (Wildman–Crippen LogP) is 3.33. The third kappa shape index (κ3) is 4.43. The van der Waals surface area contributed by atoms with E-state index in [9.17, 15) is 9.59 Å². The van der Waals surface area contributed by atoms with E-state index in [1.54, 1.807) is 23.9 Å². The Labute approximate surface area is 175 Å². The summed E-state index contributed by atoms with van der Waals surface area (Å²) in [4.78, 5) is 27.0. The van der Waals surface area contributed by atoms with Crippen LogP contribution in [0.4, 0.5) is 0 Å². The molecular formula is C24H25N3O3. The van der Waals surface area contributed by atoms with Crippen LogP contribution in [0.5, 0.6) is 5.75 Å². The Kier molecular flexibility index (Phi) is 5.93. The Hall–Kier alpha value is -3.41. The molecule has 4 rings (SSSR count). The van der Waals surface area contributed by atoms with Crippen LogP contribution in [0.25, 0.3) is 11.3 Å². The van der Waals surface area contributed by atoms with E-state index in [0.717, 1.165) is 35.4 Å². The highest BCUT2D eigenvalue weighted by Crippen LogP contribution is 2.23. The van der Waals surface area contributed by atoms with Gasteiger partial charge in [-0.05, 0) is 36.6 Å². The number of carbonyl (C=O) groups is 1. The molecule has 1 fully saturated rings. The highest BCUT2D eigenvalue weighted by atomic mass is 16.5.